The van der Waals surface area contributed by atoms with Gasteiger partial charge in [-0.2, -0.15) is 0 Å². The van der Waals surface area contributed by atoms with E-state index in [0.29, 0.717) is 0 Å². The average Bonchev–Trinajstić information content (AvgIpc) is 3.71. The second kappa shape index (κ2) is 15.6. The Bertz CT molecular complexity index is 3270. The van der Waals surface area contributed by atoms with Gasteiger partial charge in [0.2, 0.25) is 0 Å². The third kappa shape index (κ3) is 6.78. The summed E-state index contributed by atoms with van der Waals surface area (Å²) in [5, 5.41) is 4.38. The van der Waals surface area contributed by atoms with Gasteiger partial charge in [-0.25, -0.2) is 0 Å². The third-order valence-corrected chi connectivity index (χ3v) is 11.6. The number of furan rings is 1. The van der Waals surface area contributed by atoms with Crippen LogP contribution in [0.3, 0.4) is 0 Å². The van der Waals surface area contributed by atoms with E-state index in [1.54, 1.807) is 0 Å². The summed E-state index contributed by atoms with van der Waals surface area (Å²) in [6.45, 7) is 0. The largest absolute Gasteiger partial charge is 0.455 e. The molecule has 10 aromatic carbocycles. The summed E-state index contributed by atoms with van der Waals surface area (Å²) in [6.07, 6.45) is 0. The van der Waals surface area contributed by atoms with E-state index in [-0.39, 0.29) is 0 Å². The van der Waals surface area contributed by atoms with Gasteiger partial charge in [-0.15, -0.1) is 0 Å². The van der Waals surface area contributed by atoms with Crippen molar-refractivity contribution in [1.29, 1.82) is 0 Å². The second-order valence-electron chi connectivity index (χ2n) is 15.4. The predicted octanol–water partition coefficient (Wildman–Crippen LogP) is 16.7. The number of hydrogen-bond donors (Lipinski definition) is 0. The SMILES string of the molecule is c1ccc(-c2ccc(N(c3ccccc3)c3cc4oc5c6ccccc6ccc5c4cc3N(c3ccc(-c4ccccc4)cc3)c3cccc(-c4ccccc4)c3)cc2)cc1. The van der Waals surface area contributed by atoms with E-state index in [0.717, 1.165) is 89.1 Å². The Hall–Kier alpha value is -8.14. The summed E-state index contributed by atoms with van der Waals surface area (Å²) in [6, 6.07) is 86.6. The van der Waals surface area contributed by atoms with Crippen LogP contribution in [0.1, 0.15) is 0 Å². The van der Waals surface area contributed by atoms with E-state index in [1.165, 1.54) is 11.1 Å². The summed E-state index contributed by atoms with van der Waals surface area (Å²) in [5.74, 6) is 0. The summed E-state index contributed by atoms with van der Waals surface area (Å²) in [5.41, 5.74) is 14.8. The fraction of sp³-hybridized carbons (Fsp3) is 0. The van der Waals surface area contributed by atoms with E-state index in [9.17, 15) is 0 Å². The van der Waals surface area contributed by atoms with Crippen LogP contribution in [0.4, 0.5) is 34.1 Å². The van der Waals surface area contributed by atoms with Crippen molar-refractivity contribution < 1.29 is 4.42 Å². The molecule has 61 heavy (non-hydrogen) atoms. The molecule has 0 radical (unpaired) electrons. The van der Waals surface area contributed by atoms with Crippen molar-refractivity contribution >= 4 is 66.8 Å². The molecule has 1 heterocycles. The van der Waals surface area contributed by atoms with Crippen molar-refractivity contribution in [3.8, 4) is 33.4 Å². The molecule has 0 unspecified atom stereocenters. The fourth-order valence-electron chi connectivity index (χ4n) is 8.64. The zero-order valence-electron chi connectivity index (χ0n) is 33.4. The standard InChI is InChI=1S/C58H40N2O/c1-5-16-41(17-6-1)44-28-33-49(34-29-44)59(48-24-11-4-12-25-48)56-40-57-54(53-37-32-46-22-13-14-27-52(46)58(53)61-57)39-55(56)60(50-35-30-45(31-36-50)42-18-7-2-8-19-42)51-26-15-23-47(38-51)43-20-9-3-10-21-43/h1-40H. The number of fused-ring (bicyclic) bond motifs is 5. The van der Waals surface area contributed by atoms with Gasteiger partial charge in [0.1, 0.15) is 11.2 Å². The first-order valence-corrected chi connectivity index (χ1v) is 20.7. The van der Waals surface area contributed by atoms with Crippen molar-refractivity contribution in [1.82, 2.24) is 0 Å². The summed E-state index contributed by atoms with van der Waals surface area (Å²) in [4.78, 5) is 4.77. The lowest BCUT2D eigenvalue weighted by atomic mass is 10.0. The Balaban J connectivity index is 1.20. The van der Waals surface area contributed by atoms with Crippen LogP contribution >= 0.6 is 0 Å². The van der Waals surface area contributed by atoms with Crippen molar-refractivity contribution in [2.45, 2.75) is 0 Å². The highest BCUT2D eigenvalue weighted by Gasteiger charge is 2.26. The maximum atomic E-state index is 6.95. The highest BCUT2D eigenvalue weighted by molar-refractivity contribution is 6.17. The number of hydrogen-bond acceptors (Lipinski definition) is 3. The zero-order valence-corrected chi connectivity index (χ0v) is 33.4. The van der Waals surface area contributed by atoms with Gasteiger partial charge >= 0.3 is 0 Å². The van der Waals surface area contributed by atoms with Crippen LogP contribution < -0.4 is 9.80 Å². The molecule has 11 rings (SSSR count). The molecule has 0 aliphatic rings. The third-order valence-electron chi connectivity index (χ3n) is 11.6. The Labute approximate surface area is 355 Å². The summed E-state index contributed by atoms with van der Waals surface area (Å²) < 4.78 is 6.95. The molecule has 0 amide bonds. The topological polar surface area (TPSA) is 19.6 Å². The smallest absolute Gasteiger partial charge is 0.143 e. The van der Waals surface area contributed by atoms with Gasteiger partial charge in [0.15, 0.2) is 0 Å². The van der Waals surface area contributed by atoms with Gasteiger partial charge in [-0.1, -0.05) is 176 Å². The molecule has 0 fully saturated rings. The lowest BCUT2D eigenvalue weighted by Crippen LogP contribution is -2.17. The number of benzene rings is 10. The van der Waals surface area contributed by atoms with Crippen molar-refractivity contribution in [3.05, 3.63) is 243 Å². The molecule has 0 saturated carbocycles. The Morgan fingerprint density at radius 3 is 1.31 bits per heavy atom. The minimum Gasteiger partial charge on any atom is -0.455 e. The minimum atomic E-state index is 0.823. The molecule has 0 aliphatic heterocycles. The average molecular weight is 781 g/mol. The highest BCUT2D eigenvalue weighted by Crippen LogP contribution is 2.50. The van der Waals surface area contributed by atoms with Gasteiger partial charge < -0.3 is 14.2 Å². The molecule has 3 heteroatoms. The van der Waals surface area contributed by atoms with E-state index in [2.05, 4.69) is 252 Å². The van der Waals surface area contributed by atoms with Gasteiger partial charge in [0.25, 0.3) is 0 Å². The molecule has 0 aliphatic carbocycles. The Morgan fingerprint density at radius 2 is 0.705 bits per heavy atom. The molecule has 0 bridgehead atoms. The van der Waals surface area contributed by atoms with Crippen LogP contribution in [-0.2, 0) is 0 Å². The zero-order chi connectivity index (χ0) is 40.5. The van der Waals surface area contributed by atoms with E-state index in [1.807, 2.05) is 0 Å². The second-order valence-corrected chi connectivity index (χ2v) is 15.4. The molecule has 0 atom stereocenters. The molecule has 3 nitrogen and oxygen atoms in total. The highest BCUT2D eigenvalue weighted by atomic mass is 16.3. The molecule has 0 N–H and O–H groups in total. The maximum absolute atomic E-state index is 6.95. The van der Waals surface area contributed by atoms with Crippen molar-refractivity contribution in [3.63, 3.8) is 0 Å². The molecule has 0 spiro atoms. The van der Waals surface area contributed by atoms with Crippen LogP contribution in [0.2, 0.25) is 0 Å². The molecule has 288 valence electrons. The van der Waals surface area contributed by atoms with Crippen LogP contribution in [0.25, 0.3) is 66.1 Å². The van der Waals surface area contributed by atoms with Crippen LogP contribution in [-0.4, -0.2) is 0 Å². The van der Waals surface area contributed by atoms with Gasteiger partial charge in [-0.3, -0.25) is 0 Å². The van der Waals surface area contributed by atoms with Crippen LogP contribution in [0.5, 0.6) is 0 Å². The monoisotopic (exact) mass is 780 g/mol. The molecular weight excluding hydrogens is 741 g/mol. The predicted molar refractivity (Wildman–Crippen MR) is 257 cm³/mol. The van der Waals surface area contributed by atoms with Gasteiger partial charge in [0.05, 0.1) is 11.4 Å². The number of nitrogens with zero attached hydrogens (tertiary/aromatic N) is 2. The Kier molecular flexibility index (Phi) is 9.18. The summed E-state index contributed by atoms with van der Waals surface area (Å²) in [7, 11) is 0. The number of para-hydroxylation sites is 1. The first kappa shape index (κ1) is 36.0. The molecule has 1 aromatic heterocycles. The lowest BCUT2D eigenvalue weighted by molar-refractivity contribution is 0.672. The van der Waals surface area contributed by atoms with E-state index in [4.69, 9.17) is 4.42 Å². The van der Waals surface area contributed by atoms with Gasteiger partial charge in [-0.05, 0) is 99.4 Å². The molecule has 0 saturated heterocycles. The fourth-order valence-corrected chi connectivity index (χ4v) is 8.64. The number of rotatable bonds is 9. The van der Waals surface area contributed by atoms with Gasteiger partial charge in [0, 0.05) is 45.0 Å². The maximum Gasteiger partial charge on any atom is 0.143 e. The normalized spacial score (nSPS) is 11.3. The first-order chi connectivity index (χ1) is 30.2. The van der Waals surface area contributed by atoms with E-state index >= 15 is 0 Å². The quantitative estimate of drug-likeness (QED) is 0.145. The van der Waals surface area contributed by atoms with Crippen molar-refractivity contribution in [2.75, 3.05) is 9.80 Å². The minimum absolute atomic E-state index is 0.823. The summed E-state index contributed by atoms with van der Waals surface area (Å²) >= 11 is 0. The lowest BCUT2D eigenvalue weighted by Gasteiger charge is -2.33. The Morgan fingerprint density at radius 1 is 0.262 bits per heavy atom. The first-order valence-electron chi connectivity index (χ1n) is 20.7. The van der Waals surface area contributed by atoms with Crippen LogP contribution in [0, 0.1) is 0 Å². The van der Waals surface area contributed by atoms with Crippen molar-refractivity contribution in [2.24, 2.45) is 0 Å². The molecule has 11 aromatic rings. The molecular formula is C58H40N2O. The van der Waals surface area contributed by atoms with Crippen LogP contribution in [0.15, 0.2) is 247 Å². The number of anilines is 6. The van der Waals surface area contributed by atoms with E-state index < -0.39 is 0 Å².